The van der Waals surface area contributed by atoms with Gasteiger partial charge in [0.25, 0.3) is 11.8 Å². The lowest BCUT2D eigenvalue weighted by molar-refractivity contribution is -0.122. The van der Waals surface area contributed by atoms with E-state index in [0.717, 1.165) is 16.0 Å². The Morgan fingerprint density at radius 1 is 1.06 bits per heavy atom. The highest BCUT2D eigenvalue weighted by Gasteiger charge is 2.36. The molecule has 0 atom stereocenters. The zero-order valence-corrected chi connectivity index (χ0v) is 18.0. The summed E-state index contributed by atoms with van der Waals surface area (Å²) >= 11 is 0. The van der Waals surface area contributed by atoms with Gasteiger partial charge in [0.1, 0.15) is 12.2 Å². The molecule has 0 aromatic heterocycles. The van der Waals surface area contributed by atoms with Crippen molar-refractivity contribution in [2.45, 2.75) is 13.3 Å². The molecule has 7 heteroatoms. The molecule has 1 fully saturated rings. The van der Waals surface area contributed by atoms with Crippen LogP contribution in [0.1, 0.15) is 16.7 Å². The number of anilines is 1. The van der Waals surface area contributed by atoms with Gasteiger partial charge in [0.05, 0.1) is 12.8 Å². The summed E-state index contributed by atoms with van der Waals surface area (Å²) in [4.78, 5) is 38.9. The van der Waals surface area contributed by atoms with E-state index in [1.54, 1.807) is 48.6 Å². The summed E-state index contributed by atoms with van der Waals surface area (Å²) < 4.78 is 11.2. The molecule has 1 heterocycles. The van der Waals surface area contributed by atoms with Gasteiger partial charge in [-0.1, -0.05) is 36.4 Å². The molecule has 1 aliphatic rings. The van der Waals surface area contributed by atoms with Gasteiger partial charge in [-0.05, 0) is 49.2 Å². The number of nitrogens with zero attached hydrogens (tertiary/aromatic N) is 1. The lowest BCUT2D eigenvalue weighted by Gasteiger charge is -2.26. The fourth-order valence-electron chi connectivity index (χ4n) is 3.28. The predicted octanol–water partition coefficient (Wildman–Crippen LogP) is 3.96. The molecule has 0 spiro atoms. The van der Waals surface area contributed by atoms with Crippen molar-refractivity contribution in [1.29, 1.82) is 0 Å². The van der Waals surface area contributed by atoms with Crippen LogP contribution in [0.15, 0.2) is 67.3 Å². The van der Waals surface area contributed by atoms with Crippen LogP contribution in [-0.4, -0.2) is 31.6 Å². The van der Waals surface area contributed by atoms with Crippen LogP contribution in [-0.2, 0) is 16.0 Å². The zero-order chi connectivity index (χ0) is 23.3. The maximum absolute atomic E-state index is 13.1. The number of carbonyl (C=O) groups is 3. The minimum absolute atomic E-state index is 0.170. The molecule has 4 amide bonds. The van der Waals surface area contributed by atoms with Gasteiger partial charge >= 0.3 is 6.03 Å². The van der Waals surface area contributed by atoms with E-state index in [1.165, 1.54) is 13.2 Å². The maximum atomic E-state index is 13.1. The van der Waals surface area contributed by atoms with Gasteiger partial charge in [-0.3, -0.25) is 14.9 Å². The molecule has 7 nitrogen and oxygen atoms in total. The van der Waals surface area contributed by atoms with Crippen LogP contribution < -0.4 is 19.7 Å². The first kappa shape index (κ1) is 22.6. The zero-order valence-electron chi connectivity index (χ0n) is 18.0. The number of allylic oxidation sites excluding steroid dienone is 1. The van der Waals surface area contributed by atoms with Gasteiger partial charge in [-0.2, -0.15) is 0 Å². The monoisotopic (exact) mass is 432 g/mol. The molecule has 0 radical (unpaired) electrons. The summed E-state index contributed by atoms with van der Waals surface area (Å²) in [5, 5.41) is 2.23. The number of amides is 4. The first-order chi connectivity index (χ1) is 15.4. The van der Waals surface area contributed by atoms with E-state index < -0.39 is 17.8 Å². The Morgan fingerprint density at radius 2 is 1.78 bits per heavy atom. The molecule has 2 aromatic carbocycles. The van der Waals surface area contributed by atoms with Crippen molar-refractivity contribution < 1.29 is 23.9 Å². The molecule has 0 saturated carbocycles. The van der Waals surface area contributed by atoms with E-state index in [1.807, 2.05) is 6.92 Å². The van der Waals surface area contributed by atoms with Gasteiger partial charge in [0.15, 0.2) is 11.5 Å². The molecule has 1 saturated heterocycles. The summed E-state index contributed by atoms with van der Waals surface area (Å²) in [6.45, 7) is 9.60. The Labute approximate surface area is 186 Å². The molecule has 32 heavy (non-hydrogen) atoms. The predicted molar refractivity (Wildman–Crippen MR) is 123 cm³/mol. The highest BCUT2D eigenvalue weighted by atomic mass is 16.5. The Bertz CT molecular complexity index is 1120. The number of imide groups is 2. The van der Waals surface area contributed by atoms with Crippen LogP contribution in [0.5, 0.6) is 11.5 Å². The van der Waals surface area contributed by atoms with Crippen molar-refractivity contribution >= 4 is 29.6 Å². The number of urea groups is 1. The second-order valence-corrected chi connectivity index (χ2v) is 7.10. The first-order valence-corrected chi connectivity index (χ1v) is 9.93. The summed E-state index contributed by atoms with van der Waals surface area (Å²) in [5.74, 6) is -0.503. The van der Waals surface area contributed by atoms with E-state index in [2.05, 4.69) is 18.5 Å². The number of ether oxygens (including phenoxy) is 2. The minimum Gasteiger partial charge on any atom is -0.493 e. The Kier molecular flexibility index (Phi) is 6.90. The second kappa shape index (κ2) is 9.78. The Morgan fingerprint density at radius 3 is 2.41 bits per heavy atom. The van der Waals surface area contributed by atoms with Gasteiger partial charge in [0.2, 0.25) is 0 Å². The van der Waals surface area contributed by atoms with E-state index in [9.17, 15) is 14.4 Å². The summed E-state index contributed by atoms with van der Waals surface area (Å²) in [6.07, 6.45) is 5.24. The first-order valence-electron chi connectivity index (χ1n) is 9.93. The molecule has 0 aliphatic carbocycles. The number of barbiturate groups is 1. The van der Waals surface area contributed by atoms with Crippen LogP contribution in [0.4, 0.5) is 10.5 Å². The van der Waals surface area contributed by atoms with Crippen molar-refractivity contribution in [2.75, 3.05) is 18.6 Å². The van der Waals surface area contributed by atoms with Crippen molar-refractivity contribution in [1.82, 2.24) is 5.32 Å². The molecular formula is C25H24N2O5. The molecule has 164 valence electrons. The molecular weight excluding hydrogens is 408 g/mol. The minimum atomic E-state index is -0.792. The van der Waals surface area contributed by atoms with E-state index in [4.69, 9.17) is 9.47 Å². The lowest BCUT2D eigenvalue weighted by Crippen LogP contribution is -2.54. The van der Waals surface area contributed by atoms with Gasteiger partial charge in [-0.15, -0.1) is 6.58 Å². The molecule has 0 unspecified atom stereocenters. The normalized spacial score (nSPS) is 14.9. The summed E-state index contributed by atoms with van der Waals surface area (Å²) in [5.41, 5.74) is 2.49. The smallest absolute Gasteiger partial charge is 0.335 e. The number of carbonyl (C=O) groups excluding carboxylic acids is 3. The molecule has 1 N–H and O–H groups in total. The fraction of sp³-hybridized carbons (Fsp3) is 0.160. The quantitative estimate of drug-likeness (QED) is 0.388. The van der Waals surface area contributed by atoms with Crippen molar-refractivity contribution in [3.05, 3.63) is 84.0 Å². The van der Waals surface area contributed by atoms with Crippen molar-refractivity contribution in [3.63, 3.8) is 0 Å². The summed E-state index contributed by atoms with van der Waals surface area (Å²) in [6, 6.07) is 9.51. The SMILES string of the molecule is C=CCOc1c(CC=C)cc(/C=C2\C(=O)NC(=O)N(c3ccc(C)cc3)C2=O)cc1OC. The van der Waals surface area contributed by atoms with Crippen LogP contribution in [0.2, 0.25) is 0 Å². The molecule has 0 bridgehead atoms. The fourth-order valence-corrected chi connectivity index (χ4v) is 3.28. The van der Waals surface area contributed by atoms with Crippen molar-refractivity contribution in [2.24, 2.45) is 0 Å². The number of rotatable bonds is 8. The highest BCUT2D eigenvalue weighted by Crippen LogP contribution is 2.35. The molecule has 1 aliphatic heterocycles. The largest absolute Gasteiger partial charge is 0.493 e. The molecule has 2 aromatic rings. The summed E-state index contributed by atoms with van der Waals surface area (Å²) in [7, 11) is 1.50. The van der Waals surface area contributed by atoms with Crippen molar-refractivity contribution in [3.8, 4) is 11.5 Å². The van der Waals surface area contributed by atoms with Crippen LogP contribution >= 0.6 is 0 Å². The number of nitrogens with one attached hydrogen (secondary N) is 1. The Balaban J connectivity index is 2.05. The lowest BCUT2D eigenvalue weighted by atomic mass is 10.0. The van der Waals surface area contributed by atoms with Crippen LogP contribution in [0.3, 0.4) is 0 Å². The van der Waals surface area contributed by atoms with Gasteiger partial charge in [-0.25, -0.2) is 9.69 Å². The third-order valence-electron chi connectivity index (χ3n) is 4.79. The van der Waals surface area contributed by atoms with Gasteiger partial charge in [0, 0.05) is 5.56 Å². The molecule has 3 rings (SSSR count). The average Bonchev–Trinajstić information content (AvgIpc) is 2.77. The second-order valence-electron chi connectivity index (χ2n) is 7.10. The Hall–Kier alpha value is -4.13. The number of hydrogen-bond donors (Lipinski definition) is 1. The van der Waals surface area contributed by atoms with Crippen LogP contribution in [0.25, 0.3) is 6.08 Å². The number of hydrogen-bond acceptors (Lipinski definition) is 5. The average molecular weight is 432 g/mol. The van der Waals surface area contributed by atoms with E-state index in [0.29, 0.717) is 29.2 Å². The third-order valence-corrected chi connectivity index (χ3v) is 4.79. The topological polar surface area (TPSA) is 84.9 Å². The van der Waals surface area contributed by atoms with E-state index in [-0.39, 0.29) is 12.2 Å². The number of benzene rings is 2. The maximum Gasteiger partial charge on any atom is 0.335 e. The third kappa shape index (κ3) is 4.62. The van der Waals surface area contributed by atoms with Gasteiger partial charge < -0.3 is 9.47 Å². The number of methoxy groups -OCH3 is 1. The van der Waals surface area contributed by atoms with E-state index >= 15 is 0 Å². The standard InChI is InChI=1S/C25H24N2O5/c1-5-7-18-13-17(15-21(31-4)22(18)32-12-6-2)14-20-23(28)26-25(30)27(24(20)29)19-10-8-16(3)9-11-19/h5-6,8-11,13-15H,1-2,7,12H2,3-4H3,(H,26,28,30)/b20-14+. The van der Waals surface area contributed by atoms with Crippen LogP contribution in [0, 0.1) is 6.92 Å². The highest BCUT2D eigenvalue weighted by molar-refractivity contribution is 6.39. The number of aryl methyl sites for hydroxylation is 1.